The first-order valence-corrected chi connectivity index (χ1v) is 6.00. The molecule has 18 heavy (non-hydrogen) atoms. The Kier molecular flexibility index (Phi) is 4.04. The fraction of sp³-hybridized carbons (Fsp3) is 0.462. The molecule has 1 heterocycles. The van der Waals surface area contributed by atoms with Crippen LogP contribution >= 0.6 is 0 Å². The lowest BCUT2D eigenvalue weighted by molar-refractivity contribution is 0.0685. The van der Waals surface area contributed by atoms with Crippen LogP contribution in [0.2, 0.25) is 0 Å². The molecule has 0 amide bonds. The van der Waals surface area contributed by atoms with Gasteiger partial charge in [-0.2, -0.15) is 0 Å². The third-order valence-electron chi connectivity index (χ3n) is 3.00. The molecule has 1 aliphatic rings. The van der Waals surface area contributed by atoms with Crippen molar-refractivity contribution in [3.8, 4) is 11.5 Å². The second-order valence-corrected chi connectivity index (χ2v) is 4.21. The Balaban J connectivity index is 2.25. The molecule has 0 unspecified atom stereocenters. The van der Waals surface area contributed by atoms with Crippen molar-refractivity contribution in [2.24, 2.45) is 0 Å². The average Bonchev–Trinajstić information content (AvgIpc) is 2.40. The molecule has 2 rings (SSSR count). The van der Waals surface area contributed by atoms with Crippen LogP contribution in [0.1, 0.15) is 23.2 Å². The number of hydrogen-bond donors (Lipinski definition) is 2. The molecule has 0 spiro atoms. The van der Waals surface area contributed by atoms with E-state index in [0.29, 0.717) is 11.5 Å². The van der Waals surface area contributed by atoms with Gasteiger partial charge in [-0.1, -0.05) is 6.07 Å². The number of benzene rings is 1. The summed E-state index contributed by atoms with van der Waals surface area (Å²) in [7, 11) is 1.51. The van der Waals surface area contributed by atoms with E-state index in [1.807, 2.05) is 0 Å². The highest BCUT2D eigenvalue weighted by Gasteiger charge is 2.21. The van der Waals surface area contributed by atoms with Crippen LogP contribution in [0.4, 0.5) is 0 Å². The molecule has 0 aliphatic carbocycles. The zero-order chi connectivity index (χ0) is 13.0. The first kappa shape index (κ1) is 12.7. The number of hydrogen-bond acceptors (Lipinski definition) is 4. The van der Waals surface area contributed by atoms with Gasteiger partial charge < -0.3 is 19.9 Å². The van der Waals surface area contributed by atoms with Crippen LogP contribution in [0.15, 0.2) is 18.2 Å². The van der Waals surface area contributed by atoms with E-state index in [-0.39, 0.29) is 11.7 Å². The van der Waals surface area contributed by atoms with E-state index in [0.717, 1.165) is 25.9 Å². The minimum absolute atomic E-state index is 0.0423. The molecule has 0 radical (unpaired) electrons. The standard InChI is InChI=1S/C13H17NO4/c1-17-11-4-2-3-10(13(15)16)12(11)18-9-5-7-14-8-6-9/h2-4,9,14H,5-8H2,1H3,(H,15,16). The summed E-state index contributed by atoms with van der Waals surface area (Å²) in [5.74, 6) is -0.203. The van der Waals surface area contributed by atoms with Gasteiger partial charge in [0.2, 0.25) is 0 Å². The fourth-order valence-electron chi connectivity index (χ4n) is 2.05. The number of aromatic carboxylic acids is 1. The van der Waals surface area contributed by atoms with Crippen molar-refractivity contribution < 1.29 is 19.4 Å². The summed E-state index contributed by atoms with van der Waals surface area (Å²) in [6.07, 6.45) is 1.79. The second-order valence-electron chi connectivity index (χ2n) is 4.21. The van der Waals surface area contributed by atoms with Gasteiger partial charge in [0.05, 0.1) is 7.11 Å². The van der Waals surface area contributed by atoms with Crippen LogP contribution < -0.4 is 14.8 Å². The largest absolute Gasteiger partial charge is 0.493 e. The highest BCUT2D eigenvalue weighted by molar-refractivity contribution is 5.92. The van der Waals surface area contributed by atoms with Gasteiger partial charge in [0.1, 0.15) is 11.7 Å². The lowest BCUT2D eigenvalue weighted by Gasteiger charge is -2.25. The Hall–Kier alpha value is -1.75. The van der Waals surface area contributed by atoms with Crippen molar-refractivity contribution in [2.75, 3.05) is 20.2 Å². The predicted molar refractivity (Wildman–Crippen MR) is 66.5 cm³/mol. The smallest absolute Gasteiger partial charge is 0.339 e. The van der Waals surface area contributed by atoms with Crippen LogP contribution in [0.3, 0.4) is 0 Å². The third kappa shape index (κ3) is 2.73. The van der Waals surface area contributed by atoms with Crippen molar-refractivity contribution in [1.82, 2.24) is 5.32 Å². The van der Waals surface area contributed by atoms with E-state index >= 15 is 0 Å². The molecule has 0 bridgehead atoms. The van der Waals surface area contributed by atoms with E-state index in [9.17, 15) is 4.79 Å². The highest BCUT2D eigenvalue weighted by Crippen LogP contribution is 2.33. The summed E-state index contributed by atoms with van der Waals surface area (Å²) in [6, 6.07) is 4.89. The van der Waals surface area contributed by atoms with Crippen molar-refractivity contribution >= 4 is 5.97 Å². The summed E-state index contributed by atoms with van der Waals surface area (Å²) in [6.45, 7) is 1.78. The monoisotopic (exact) mass is 251 g/mol. The van der Waals surface area contributed by atoms with Crippen LogP contribution in [-0.2, 0) is 0 Å². The lowest BCUT2D eigenvalue weighted by Crippen LogP contribution is -2.34. The summed E-state index contributed by atoms with van der Waals surface area (Å²) < 4.78 is 11.0. The number of carboxylic acid groups (broad SMARTS) is 1. The molecule has 5 nitrogen and oxygen atoms in total. The summed E-state index contributed by atoms with van der Waals surface area (Å²) in [5.41, 5.74) is 0.146. The first-order valence-electron chi connectivity index (χ1n) is 6.00. The van der Waals surface area contributed by atoms with E-state index in [4.69, 9.17) is 14.6 Å². The molecule has 1 aromatic carbocycles. The maximum absolute atomic E-state index is 11.2. The highest BCUT2D eigenvalue weighted by atomic mass is 16.5. The van der Waals surface area contributed by atoms with E-state index in [1.54, 1.807) is 12.1 Å². The first-order chi connectivity index (χ1) is 8.72. The Labute approximate surface area is 106 Å². The van der Waals surface area contributed by atoms with Crippen LogP contribution in [-0.4, -0.2) is 37.4 Å². The molecule has 1 aliphatic heterocycles. The normalized spacial score (nSPS) is 16.3. The number of rotatable bonds is 4. The Morgan fingerprint density at radius 2 is 2.11 bits per heavy atom. The van der Waals surface area contributed by atoms with Crippen LogP contribution in [0, 0.1) is 0 Å². The molecule has 98 valence electrons. The Bertz CT molecular complexity index is 427. The number of methoxy groups -OCH3 is 1. The molecular formula is C13H17NO4. The third-order valence-corrected chi connectivity index (χ3v) is 3.00. The number of carbonyl (C=O) groups is 1. The molecule has 0 atom stereocenters. The number of carboxylic acids is 1. The van der Waals surface area contributed by atoms with Gasteiger partial charge in [-0.25, -0.2) is 4.79 Å². The van der Waals surface area contributed by atoms with Gasteiger partial charge in [-0.3, -0.25) is 0 Å². The topological polar surface area (TPSA) is 67.8 Å². The minimum Gasteiger partial charge on any atom is -0.493 e. The molecule has 0 saturated carbocycles. The molecule has 2 N–H and O–H groups in total. The van der Waals surface area contributed by atoms with Crippen molar-refractivity contribution in [3.63, 3.8) is 0 Å². The van der Waals surface area contributed by atoms with Crippen molar-refractivity contribution in [2.45, 2.75) is 18.9 Å². The quantitative estimate of drug-likeness (QED) is 0.849. The SMILES string of the molecule is COc1cccc(C(=O)O)c1OC1CCNCC1. The molecular weight excluding hydrogens is 234 g/mol. The zero-order valence-corrected chi connectivity index (χ0v) is 10.3. The number of nitrogens with one attached hydrogen (secondary N) is 1. The van der Waals surface area contributed by atoms with Crippen LogP contribution in [0.5, 0.6) is 11.5 Å². The predicted octanol–water partition coefficient (Wildman–Crippen LogP) is 1.52. The van der Waals surface area contributed by atoms with Crippen molar-refractivity contribution in [3.05, 3.63) is 23.8 Å². The number of ether oxygens (including phenoxy) is 2. The molecule has 0 aromatic heterocycles. The summed E-state index contributed by atoms with van der Waals surface area (Å²) in [5, 5.41) is 12.4. The zero-order valence-electron chi connectivity index (χ0n) is 10.3. The van der Waals surface area contributed by atoms with Gasteiger partial charge in [0.15, 0.2) is 11.5 Å². The molecule has 1 aromatic rings. The maximum Gasteiger partial charge on any atom is 0.339 e. The van der Waals surface area contributed by atoms with E-state index in [2.05, 4.69) is 5.32 Å². The summed E-state index contributed by atoms with van der Waals surface area (Å²) in [4.78, 5) is 11.2. The maximum atomic E-state index is 11.2. The fourth-order valence-corrected chi connectivity index (χ4v) is 2.05. The van der Waals surface area contributed by atoms with Gasteiger partial charge in [-0.05, 0) is 38.1 Å². The van der Waals surface area contributed by atoms with Gasteiger partial charge >= 0.3 is 5.97 Å². The van der Waals surface area contributed by atoms with Gasteiger partial charge in [0.25, 0.3) is 0 Å². The number of para-hydroxylation sites is 1. The van der Waals surface area contributed by atoms with Crippen molar-refractivity contribution in [1.29, 1.82) is 0 Å². The molecule has 1 saturated heterocycles. The minimum atomic E-state index is -1.00. The Morgan fingerprint density at radius 3 is 2.72 bits per heavy atom. The van der Waals surface area contributed by atoms with Gasteiger partial charge in [-0.15, -0.1) is 0 Å². The molecule has 5 heteroatoms. The average molecular weight is 251 g/mol. The van der Waals surface area contributed by atoms with E-state index in [1.165, 1.54) is 13.2 Å². The van der Waals surface area contributed by atoms with E-state index < -0.39 is 5.97 Å². The molecule has 1 fully saturated rings. The van der Waals surface area contributed by atoms with Crippen LogP contribution in [0.25, 0.3) is 0 Å². The summed E-state index contributed by atoms with van der Waals surface area (Å²) >= 11 is 0. The Morgan fingerprint density at radius 1 is 1.39 bits per heavy atom. The second kappa shape index (κ2) is 5.73. The van der Waals surface area contributed by atoms with Gasteiger partial charge in [0, 0.05) is 0 Å². The number of piperidine rings is 1. The lowest BCUT2D eigenvalue weighted by atomic mass is 10.1.